The summed E-state index contributed by atoms with van der Waals surface area (Å²) in [5, 5.41) is 1.20. The standard InChI is InChI=1S/C22H20N2S/c1-3-21-24-20-9-6-7-18(22(20)25-21)17-12-10-16(11-13-17)15(2)19-8-4-5-14-23-19/h4-15H,3H2,1-2H3. The first kappa shape index (κ1) is 16.0. The number of rotatable bonds is 4. The molecule has 0 aliphatic rings. The average Bonchev–Trinajstić information content (AvgIpc) is 3.12. The lowest BCUT2D eigenvalue weighted by Gasteiger charge is -2.12. The number of thiazole rings is 1. The lowest BCUT2D eigenvalue weighted by molar-refractivity contribution is 0.872. The fourth-order valence-corrected chi connectivity index (χ4v) is 4.17. The van der Waals surface area contributed by atoms with Gasteiger partial charge in [0.15, 0.2) is 0 Å². The number of aryl methyl sites for hydroxylation is 1. The Bertz CT molecular complexity index is 988. The minimum Gasteiger partial charge on any atom is -0.261 e. The Kier molecular flexibility index (Phi) is 4.33. The lowest BCUT2D eigenvalue weighted by Crippen LogP contribution is -1.98. The van der Waals surface area contributed by atoms with E-state index in [2.05, 4.69) is 67.4 Å². The Morgan fingerprint density at radius 3 is 2.52 bits per heavy atom. The first-order valence-corrected chi connectivity index (χ1v) is 9.47. The van der Waals surface area contributed by atoms with Crippen LogP contribution >= 0.6 is 11.3 Å². The van der Waals surface area contributed by atoms with Crippen LogP contribution in [0.1, 0.15) is 36.0 Å². The topological polar surface area (TPSA) is 25.8 Å². The monoisotopic (exact) mass is 344 g/mol. The van der Waals surface area contributed by atoms with Gasteiger partial charge in [-0.05, 0) is 35.7 Å². The van der Waals surface area contributed by atoms with Crippen molar-refractivity contribution >= 4 is 21.6 Å². The Balaban J connectivity index is 1.70. The minimum atomic E-state index is 0.293. The van der Waals surface area contributed by atoms with Crippen molar-refractivity contribution in [1.82, 2.24) is 9.97 Å². The van der Waals surface area contributed by atoms with Crippen LogP contribution < -0.4 is 0 Å². The van der Waals surface area contributed by atoms with Crippen LogP contribution in [-0.2, 0) is 6.42 Å². The molecule has 0 bridgehead atoms. The van der Waals surface area contributed by atoms with E-state index in [1.165, 1.54) is 26.4 Å². The molecule has 2 heterocycles. The predicted octanol–water partition coefficient (Wildman–Crippen LogP) is 6.07. The Morgan fingerprint density at radius 1 is 0.960 bits per heavy atom. The van der Waals surface area contributed by atoms with Crippen molar-refractivity contribution in [3.05, 3.63) is 83.1 Å². The summed E-state index contributed by atoms with van der Waals surface area (Å²) >= 11 is 1.80. The van der Waals surface area contributed by atoms with Crippen LogP contribution in [0.4, 0.5) is 0 Å². The molecule has 25 heavy (non-hydrogen) atoms. The third-order valence-corrected chi connectivity index (χ3v) is 5.86. The van der Waals surface area contributed by atoms with E-state index in [4.69, 9.17) is 4.98 Å². The highest BCUT2D eigenvalue weighted by Gasteiger charge is 2.12. The Morgan fingerprint density at radius 2 is 1.80 bits per heavy atom. The molecule has 0 amide bonds. The third kappa shape index (κ3) is 3.08. The second kappa shape index (κ2) is 6.77. The molecule has 0 spiro atoms. The first-order chi connectivity index (χ1) is 12.3. The van der Waals surface area contributed by atoms with E-state index < -0.39 is 0 Å². The summed E-state index contributed by atoms with van der Waals surface area (Å²) in [6.45, 7) is 4.36. The Hall–Kier alpha value is -2.52. The molecule has 124 valence electrons. The van der Waals surface area contributed by atoms with Crippen molar-refractivity contribution in [3.63, 3.8) is 0 Å². The maximum Gasteiger partial charge on any atom is 0.0936 e. The molecule has 0 aliphatic heterocycles. The van der Waals surface area contributed by atoms with Crippen LogP contribution in [0.5, 0.6) is 0 Å². The van der Waals surface area contributed by atoms with Gasteiger partial charge in [0.2, 0.25) is 0 Å². The highest BCUT2D eigenvalue weighted by molar-refractivity contribution is 7.19. The van der Waals surface area contributed by atoms with E-state index in [0.29, 0.717) is 5.92 Å². The van der Waals surface area contributed by atoms with Crippen molar-refractivity contribution in [2.45, 2.75) is 26.2 Å². The van der Waals surface area contributed by atoms with Gasteiger partial charge in [-0.1, -0.05) is 56.3 Å². The van der Waals surface area contributed by atoms with Gasteiger partial charge in [0.05, 0.1) is 15.2 Å². The van der Waals surface area contributed by atoms with Crippen LogP contribution in [0.15, 0.2) is 66.9 Å². The molecule has 0 saturated carbocycles. The molecule has 1 atom stereocenters. The maximum absolute atomic E-state index is 4.71. The molecule has 2 nitrogen and oxygen atoms in total. The second-order valence-electron chi connectivity index (χ2n) is 6.21. The van der Waals surface area contributed by atoms with E-state index in [1.807, 2.05) is 18.3 Å². The van der Waals surface area contributed by atoms with Gasteiger partial charge in [0, 0.05) is 23.4 Å². The summed E-state index contributed by atoms with van der Waals surface area (Å²) < 4.78 is 1.28. The van der Waals surface area contributed by atoms with Crippen LogP contribution in [0, 0.1) is 0 Å². The summed E-state index contributed by atoms with van der Waals surface area (Å²) in [4.78, 5) is 9.20. The van der Waals surface area contributed by atoms with Gasteiger partial charge in [-0.2, -0.15) is 0 Å². The largest absolute Gasteiger partial charge is 0.261 e. The molecule has 1 unspecified atom stereocenters. The molecule has 0 radical (unpaired) electrons. The zero-order valence-electron chi connectivity index (χ0n) is 14.4. The van der Waals surface area contributed by atoms with Crippen molar-refractivity contribution in [2.24, 2.45) is 0 Å². The van der Waals surface area contributed by atoms with Gasteiger partial charge >= 0.3 is 0 Å². The number of fused-ring (bicyclic) bond motifs is 1. The zero-order chi connectivity index (χ0) is 17.2. The number of hydrogen-bond donors (Lipinski definition) is 0. The maximum atomic E-state index is 4.71. The van der Waals surface area contributed by atoms with Crippen LogP contribution in [0.25, 0.3) is 21.3 Å². The number of hydrogen-bond acceptors (Lipinski definition) is 3. The quantitative estimate of drug-likeness (QED) is 0.449. The van der Waals surface area contributed by atoms with Gasteiger partial charge in [0.1, 0.15) is 0 Å². The van der Waals surface area contributed by atoms with Gasteiger partial charge in [-0.25, -0.2) is 4.98 Å². The van der Waals surface area contributed by atoms with E-state index in [0.717, 1.165) is 17.6 Å². The average molecular weight is 344 g/mol. The van der Waals surface area contributed by atoms with E-state index in [-0.39, 0.29) is 0 Å². The summed E-state index contributed by atoms with van der Waals surface area (Å²) in [5.41, 5.74) is 6.01. The number of benzene rings is 2. The molecular weight excluding hydrogens is 324 g/mol. The normalized spacial score (nSPS) is 12.4. The zero-order valence-corrected chi connectivity index (χ0v) is 15.3. The minimum absolute atomic E-state index is 0.293. The SMILES string of the molecule is CCc1nc2cccc(-c3ccc(C(C)c4ccccn4)cc3)c2s1. The molecular formula is C22H20N2S. The van der Waals surface area contributed by atoms with Gasteiger partial charge < -0.3 is 0 Å². The highest BCUT2D eigenvalue weighted by atomic mass is 32.1. The summed E-state index contributed by atoms with van der Waals surface area (Å²) in [6, 6.07) is 21.4. The summed E-state index contributed by atoms with van der Waals surface area (Å²) in [7, 11) is 0. The van der Waals surface area contributed by atoms with Crippen molar-refractivity contribution in [1.29, 1.82) is 0 Å². The molecule has 2 aromatic heterocycles. The number of nitrogens with zero attached hydrogens (tertiary/aromatic N) is 2. The van der Waals surface area contributed by atoms with E-state index >= 15 is 0 Å². The first-order valence-electron chi connectivity index (χ1n) is 8.66. The van der Waals surface area contributed by atoms with Crippen LogP contribution in [0.3, 0.4) is 0 Å². The van der Waals surface area contributed by atoms with Crippen molar-refractivity contribution in [3.8, 4) is 11.1 Å². The molecule has 3 heteroatoms. The lowest BCUT2D eigenvalue weighted by atomic mass is 9.95. The molecule has 0 aliphatic carbocycles. The van der Waals surface area contributed by atoms with Crippen molar-refractivity contribution in [2.75, 3.05) is 0 Å². The molecule has 0 N–H and O–H groups in total. The van der Waals surface area contributed by atoms with Crippen molar-refractivity contribution < 1.29 is 0 Å². The number of aromatic nitrogens is 2. The van der Waals surface area contributed by atoms with Gasteiger partial charge in [-0.15, -0.1) is 11.3 Å². The fourth-order valence-electron chi connectivity index (χ4n) is 3.13. The predicted molar refractivity (Wildman–Crippen MR) is 106 cm³/mol. The van der Waals surface area contributed by atoms with Crippen LogP contribution in [0.2, 0.25) is 0 Å². The third-order valence-electron chi connectivity index (χ3n) is 4.61. The van der Waals surface area contributed by atoms with E-state index in [1.54, 1.807) is 11.3 Å². The molecule has 0 fully saturated rings. The fraction of sp³-hybridized carbons (Fsp3) is 0.182. The summed E-state index contributed by atoms with van der Waals surface area (Å²) in [5.74, 6) is 0.293. The number of pyridine rings is 1. The molecule has 4 aromatic rings. The van der Waals surface area contributed by atoms with Gasteiger partial charge in [0.25, 0.3) is 0 Å². The highest BCUT2D eigenvalue weighted by Crippen LogP contribution is 2.34. The van der Waals surface area contributed by atoms with Crippen LogP contribution in [-0.4, -0.2) is 9.97 Å². The Labute approximate surface area is 152 Å². The second-order valence-corrected chi connectivity index (χ2v) is 7.30. The van der Waals surface area contributed by atoms with E-state index in [9.17, 15) is 0 Å². The molecule has 0 saturated heterocycles. The molecule has 4 rings (SSSR count). The summed E-state index contributed by atoms with van der Waals surface area (Å²) in [6.07, 6.45) is 2.84. The molecule has 2 aromatic carbocycles. The van der Waals surface area contributed by atoms with Gasteiger partial charge in [-0.3, -0.25) is 4.98 Å². The smallest absolute Gasteiger partial charge is 0.0936 e.